The molecule has 0 saturated heterocycles. The molecule has 0 fully saturated rings. The quantitative estimate of drug-likeness (QED) is 0.812. The topological polar surface area (TPSA) is 87.9 Å². The van der Waals surface area contributed by atoms with Gasteiger partial charge in [-0.05, 0) is 18.4 Å². The number of benzene rings is 1. The molecule has 6 nitrogen and oxygen atoms in total. The van der Waals surface area contributed by atoms with E-state index in [9.17, 15) is 4.79 Å². The van der Waals surface area contributed by atoms with Crippen LogP contribution in [0.2, 0.25) is 0 Å². The molecule has 1 amide bonds. The van der Waals surface area contributed by atoms with E-state index in [0.717, 1.165) is 6.42 Å². The molecule has 0 unspecified atom stereocenters. The number of nitrogens with zero attached hydrogens (tertiary/aromatic N) is 3. The van der Waals surface area contributed by atoms with E-state index < -0.39 is 6.04 Å². The molecule has 0 aliphatic heterocycles. The van der Waals surface area contributed by atoms with Gasteiger partial charge < -0.3 is 10.6 Å². The van der Waals surface area contributed by atoms with Crippen molar-refractivity contribution in [3.05, 3.63) is 48.0 Å². The zero-order valence-electron chi connectivity index (χ0n) is 11.5. The highest BCUT2D eigenvalue weighted by molar-refractivity contribution is 5.81. The Morgan fingerprint density at radius 3 is 2.80 bits per heavy atom. The molecular weight excluding hydrogens is 254 g/mol. The monoisotopic (exact) mass is 273 g/mol. The molecule has 3 N–H and O–H groups in total. The van der Waals surface area contributed by atoms with E-state index in [4.69, 9.17) is 5.73 Å². The Kier molecular flexibility index (Phi) is 4.84. The number of likely N-dealkylation sites (N-methyl/N-ethyl adjacent to an activating group) is 1. The van der Waals surface area contributed by atoms with Crippen LogP contribution < -0.4 is 5.73 Å². The van der Waals surface area contributed by atoms with Crippen molar-refractivity contribution in [1.29, 1.82) is 0 Å². The van der Waals surface area contributed by atoms with E-state index in [1.807, 2.05) is 30.3 Å². The highest BCUT2D eigenvalue weighted by Crippen LogP contribution is 2.06. The van der Waals surface area contributed by atoms with Crippen molar-refractivity contribution < 1.29 is 4.79 Å². The third-order valence-electron chi connectivity index (χ3n) is 3.13. The fraction of sp³-hybridized carbons (Fsp3) is 0.357. The van der Waals surface area contributed by atoms with Gasteiger partial charge >= 0.3 is 0 Å². The lowest BCUT2D eigenvalue weighted by Crippen LogP contribution is -2.41. The largest absolute Gasteiger partial charge is 0.337 e. The lowest BCUT2D eigenvalue weighted by molar-refractivity contribution is -0.132. The number of aromatic amines is 1. The van der Waals surface area contributed by atoms with E-state index in [1.165, 1.54) is 11.9 Å². The molecule has 2 rings (SSSR count). The van der Waals surface area contributed by atoms with Crippen LogP contribution in [0.15, 0.2) is 36.7 Å². The maximum absolute atomic E-state index is 12.1. The van der Waals surface area contributed by atoms with E-state index in [2.05, 4.69) is 15.2 Å². The smallest absolute Gasteiger partial charge is 0.239 e. The summed E-state index contributed by atoms with van der Waals surface area (Å²) in [7, 11) is 1.72. The van der Waals surface area contributed by atoms with Crippen molar-refractivity contribution in [3.8, 4) is 0 Å². The number of rotatable bonds is 6. The zero-order valence-corrected chi connectivity index (χ0v) is 11.5. The standard InChI is InChI=1S/C14H19N5O/c1-19(9-13-16-10-17-18-13)14(20)12(15)8-7-11-5-3-2-4-6-11/h2-6,10,12H,7-9,15H2,1H3,(H,16,17,18)/t12-/m0/s1. The number of carbonyl (C=O) groups excluding carboxylic acids is 1. The maximum Gasteiger partial charge on any atom is 0.239 e. The number of hydrogen-bond acceptors (Lipinski definition) is 4. The average molecular weight is 273 g/mol. The van der Waals surface area contributed by atoms with Gasteiger partial charge in [-0.25, -0.2) is 4.98 Å². The van der Waals surface area contributed by atoms with E-state index in [1.54, 1.807) is 11.9 Å². The third kappa shape index (κ3) is 3.89. The molecule has 0 saturated carbocycles. The van der Waals surface area contributed by atoms with Gasteiger partial charge in [-0.3, -0.25) is 9.89 Å². The van der Waals surface area contributed by atoms with Gasteiger partial charge in [0.15, 0.2) is 0 Å². The molecule has 0 spiro atoms. The summed E-state index contributed by atoms with van der Waals surface area (Å²) in [5.74, 6) is 0.563. The molecule has 2 aromatic rings. The minimum Gasteiger partial charge on any atom is -0.337 e. The highest BCUT2D eigenvalue weighted by atomic mass is 16.2. The first-order chi connectivity index (χ1) is 9.66. The summed E-state index contributed by atoms with van der Waals surface area (Å²) < 4.78 is 0. The second-order valence-corrected chi connectivity index (χ2v) is 4.76. The summed E-state index contributed by atoms with van der Waals surface area (Å²) in [6, 6.07) is 9.52. The molecule has 1 heterocycles. The number of amides is 1. The molecule has 6 heteroatoms. The van der Waals surface area contributed by atoms with Gasteiger partial charge in [-0.2, -0.15) is 5.10 Å². The fourth-order valence-corrected chi connectivity index (χ4v) is 1.98. The Morgan fingerprint density at radius 2 is 2.15 bits per heavy atom. The molecule has 20 heavy (non-hydrogen) atoms. The first kappa shape index (κ1) is 14.2. The Balaban J connectivity index is 1.82. The van der Waals surface area contributed by atoms with Crippen molar-refractivity contribution in [2.75, 3.05) is 7.05 Å². The Labute approximate surface area is 118 Å². The van der Waals surface area contributed by atoms with E-state index in [0.29, 0.717) is 18.8 Å². The Morgan fingerprint density at radius 1 is 1.40 bits per heavy atom. The van der Waals surface area contributed by atoms with Gasteiger partial charge in [-0.1, -0.05) is 30.3 Å². The van der Waals surface area contributed by atoms with Crippen LogP contribution in [0.25, 0.3) is 0 Å². The molecule has 0 aliphatic carbocycles. The molecule has 0 aliphatic rings. The Bertz CT molecular complexity index is 526. The Hall–Kier alpha value is -2.21. The molecule has 1 aromatic heterocycles. The SMILES string of the molecule is CN(Cc1ncn[nH]1)C(=O)[C@@H](N)CCc1ccccc1. The van der Waals surface area contributed by atoms with Crippen LogP contribution in [0.4, 0.5) is 0 Å². The summed E-state index contributed by atoms with van der Waals surface area (Å²) in [5, 5.41) is 6.47. The van der Waals surface area contributed by atoms with Crippen LogP contribution in [0.3, 0.4) is 0 Å². The van der Waals surface area contributed by atoms with Crippen LogP contribution in [0, 0.1) is 0 Å². The molecule has 106 valence electrons. The molecule has 0 bridgehead atoms. The van der Waals surface area contributed by atoms with Crippen LogP contribution >= 0.6 is 0 Å². The lowest BCUT2D eigenvalue weighted by atomic mass is 10.1. The molecule has 1 atom stereocenters. The summed E-state index contributed by atoms with van der Waals surface area (Å²) in [5.41, 5.74) is 7.15. The van der Waals surface area contributed by atoms with Gasteiger partial charge in [0.2, 0.25) is 5.91 Å². The number of aryl methyl sites for hydroxylation is 1. The number of hydrogen-bond donors (Lipinski definition) is 2. The van der Waals surface area contributed by atoms with E-state index in [-0.39, 0.29) is 5.91 Å². The number of H-pyrrole nitrogens is 1. The van der Waals surface area contributed by atoms with Gasteiger partial charge in [0.1, 0.15) is 12.2 Å². The minimum absolute atomic E-state index is 0.0858. The van der Waals surface area contributed by atoms with Crippen LogP contribution in [0.1, 0.15) is 17.8 Å². The molecule has 1 aromatic carbocycles. The summed E-state index contributed by atoms with van der Waals surface area (Å²) in [6.45, 7) is 0.387. The summed E-state index contributed by atoms with van der Waals surface area (Å²) >= 11 is 0. The normalized spacial score (nSPS) is 12.1. The average Bonchev–Trinajstić information content (AvgIpc) is 2.98. The van der Waals surface area contributed by atoms with Crippen molar-refractivity contribution in [3.63, 3.8) is 0 Å². The molecular formula is C14H19N5O. The predicted molar refractivity (Wildman–Crippen MR) is 75.6 cm³/mol. The lowest BCUT2D eigenvalue weighted by Gasteiger charge is -2.20. The highest BCUT2D eigenvalue weighted by Gasteiger charge is 2.18. The van der Waals surface area contributed by atoms with E-state index >= 15 is 0 Å². The number of carbonyl (C=O) groups is 1. The van der Waals surface area contributed by atoms with Crippen LogP contribution in [-0.2, 0) is 17.8 Å². The molecule has 0 radical (unpaired) electrons. The van der Waals surface area contributed by atoms with Crippen LogP contribution in [0.5, 0.6) is 0 Å². The number of aromatic nitrogens is 3. The summed E-state index contributed by atoms with van der Waals surface area (Å²) in [6.07, 6.45) is 2.84. The third-order valence-corrected chi connectivity index (χ3v) is 3.13. The first-order valence-electron chi connectivity index (χ1n) is 6.55. The zero-order chi connectivity index (χ0) is 14.4. The van der Waals surface area contributed by atoms with Crippen molar-refractivity contribution in [2.24, 2.45) is 5.73 Å². The van der Waals surface area contributed by atoms with Gasteiger partial charge in [-0.15, -0.1) is 0 Å². The van der Waals surface area contributed by atoms with Crippen molar-refractivity contribution in [1.82, 2.24) is 20.1 Å². The first-order valence-corrected chi connectivity index (χ1v) is 6.55. The second kappa shape index (κ2) is 6.81. The van der Waals surface area contributed by atoms with Crippen LogP contribution in [-0.4, -0.2) is 39.1 Å². The van der Waals surface area contributed by atoms with Gasteiger partial charge in [0.25, 0.3) is 0 Å². The predicted octanol–water partition coefficient (Wildman–Crippen LogP) is 0.723. The fourth-order valence-electron chi connectivity index (χ4n) is 1.98. The van der Waals surface area contributed by atoms with Gasteiger partial charge in [0, 0.05) is 7.05 Å². The maximum atomic E-state index is 12.1. The van der Waals surface area contributed by atoms with Gasteiger partial charge in [0.05, 0.1) is 12.6 Å². The minimum atomic E-state index is -0.497. The second-order valence-electron chi connectivity index (χ2n) is 4.76. The number of nitrogens with two attached hydrogens (primary N) is 1. The summed E-state index contributed by atoms with van der Waals surface area (Å²) in [4.78, 5) is 17.7. The number of nitrogens with one attached hydrogen (secondary N) is 1. The van der Waals surface area contributed by atoms with Crippen molar-refractivity contribution in [2.45, 2.75) is 25.4 Å². The van der Waals surface area contributed by atoms with Crippen molar-refractivity contribution >= 4 is 5.91 Å².